The molecule has 0 saturated heterocycles. The second-order valence-electron chi connectivity index (χ2n) is 3.54. The molecule has 1 heterocycles. The summed E-state index contributed by atoms with van der Waals surface area (Å²) >= 11 is 0. The number of hydrogen-bond donors (Lipinski definition) is 0. The van der Waals surface area contributed by atoms with Gasteiger partial charge in [0.2, 0.25) is 0 Å². The van der Waals surface area contributed by atoms with Crippen molar-refractivity contribution < 1.29 is 14.5 Å². The van der Waals surface area contributed by atoms with Crippen LogP contribution in [0.3, 0.4) is 0 Å². The topological polar surface area (TPSA) is 141 Å². The van der Waals surface area contributed by atoms with E-state index in [4.69, 9.17) is 14.5 Å². The lowest BCUT2D eigenvalue weighted by Gasteiger charge is -2.00. The average Bonchev–Trinajstić information content (AvgIpc) is 2.59. The molecule has 1 aromatic heterocycles. The van der Waals surface area contributed by atoms with Gasteiger partial charge in [-0.3, -0.25) is 14.5 Å². The molecule has 24 heavy (non-hydrogen) atoms. The van der Waals surface area contributed by atoms with Crippen molar-refractivity contribution in [2.75, 3.05) is 19.6 Å². The van der Waals surface area contributed by atoms with Crippen LogP contribution in [0.4, 0.5) is 0 Å². The van der Waals surface area contributed by atoms with E-state index in [1.165, 1.54) is 18.2 Å². The van der Waals surface area contributed by atoms with Gasteiger partial charge in [-0.1, -0.05) is 18.2 Å². The van der Waals surface area contributed by atoms with Crippen LogP contribution in [0.25, 0.3) is 0 Å². The Balaban J connectivity index is 2.84. The monoisotopic (exact) mass is 333 g/mol. The molecule has 0 bridgehead atoms. The van der Waals surface area contributed by atoms with Crippen LogP contribution < -0.4 is 14.5 Å². The zero-order valence-electron chi connectivity index (χ0n) is 12.7. The van der Waals surface area contributed by atoms with Crippen molar-refractivity contribution in [1.29, 1.82) is 0 Å². The highest BCUT2D eigenvalue weighted by molar-refractivity contribution is 5.08. The Labute approximate surface area is 137 Å². The predicted molar refractivity (Wildman–Crippen MR) is 81.5 cm³/mol. The molecular weight excluding hydrogens is 318 g/mol. The molecule has 0 N–H and O–H groups in total. The maximum Gasteiger partial charge on any atom is 0.357 e. The molecule has 0 unspecified atom stereocenters. The number of hydrogen-bond acceptors (Lipinski definition) is 12. The fourth-order valence-electron chi connectivity index (χ4n) is 0.912. The van der Waals surface area contributed by atoms with Crippen molar-refractivity contribution in [3.63, 3.8) is 0 Å². The summed E-state index contributed by atoms with van der Waals surface area (Å²) in [5.74, 6) is 0. The minimum absolute atomic E-state index is 0.249. The fourth-order valence-corrected chi connectivity index (χ4v) is 0.912. The lowest BCUT2D eigenvalue weighted by Crippen LogP contribution is -2.00. The number of aromatic nitrogens is 3. The van der Waals surface area contributed by atoms with Crippen molar-refractivity contribution in [3.05, 3.63) is 38.0 Å². The third kappa shape index (κ3) is 8.02. The Morgan fingerprint density at radius 1 is 0.625 bits per heavy atom. The minimum Gasteiger partial charge on any atom is -0.296 e. The Kier molecular flexibility index (Phi) is 9.26. The summed E-state index contributed by atoms with van der Waals surface area (Å²) in [5.41, 5.74) is 0. The first kappa shape index (κ1) is 18.5. The van der Waals surface area contributed by atoms with E-state index in [9.17, 15) is 0 Å². The lowest BCUT2D eigenvalue weighted by atomic mass is 10.7. The normalized spacial score (nSPS) is 11.0. The van der Waals surface area contributed by atoms with Crippen LogP contribution in [0.2, 0.25) is 0 Å². The van der Waals surface area contributed by atoms with E-state index in [0.717, 1.165) is 0 Å². The van der Waals surface area contributed by atoms with Gasteiger partial charge in [-0.15, -0.1) is 50.0 Å². The molecule has 0 saturated carbocycles. The standard InChI is InChI=1S/C12H15N9O3/c1-4-7-13-19-22-10-16-11(23-20-14-8-5-2)18-12(17-10)24-21-15-9-6-3/h4-6H,1-3,7-9H2. The largest absolute Gasteiger partial charge is 0.357 e. The van der Waals surface area contributed by atoms with Gasteiger partial charge in [0.15, 0.2) is 0 Å². The van der Waals surface area contributed by atoms with Gasteiger partial charge in [0.05, 0.1) is 19.6 Å². The first-order valence-electron chi connectivity index (χ1n) is 6.50. The molecule has 0 radical (unpaired) electrons. The van der Waals surface area contributed by atoms with Gasteiger partial charge in [-0.25, -0.2) is 0 Å². The summed E-state index contributed by atoms with van der Waals surface area (Å²) in [5, 5.41) is 21.0. The molecule has 12 heteroatoms. The molecule has 0 fully saturated rings. The van der Waals surface area contributed by atoms with Gasteiger partial charge in [0.25, 0.3) is 0 Å². The number of nitrogens with zero attached hydrogens (tertiary/aromatic N) is 9. The van der Waals surface area contributed by atoms with Gasteiger partial charge in [-0.05, 0) is 0 Å². The van der Waals surface area contributed by atoms with E-state index in [1.807, 2.05) is 0 Å². The fraction of sp³-hybridized carbons (Fsp3) is 0.250. The maximum absolute atomic E-state index is 4.86. The Morgan fingerprint density at radius 2 is 0.917 bits per heavy atom. The molecule has 0 spiro atoms. The van der Waals surface area contributed by atoms with E-state index >= 15 is 0 Å². The first-order chi connectivity index (χ1) is 11.8. The highest BCUT2D eigenvalue weighted by Crippen LogP contribution is 2.15. The van der Waals surface area contributed by atoms with E-state index in [-0.39, 0.29) is 37.7 Å². The van der Waals surface area contributed by atoms with Gasteiger partial charge in [0.1, 0.15) is 0 Å². The van der Waals surface area contributed by atoms with E-state index in [2.05, 4.69) is 65.9 Å². The van der Waals surface area contributed by atoms with Crippen LogP contribution in [0.5, 0.6) is 18.0 Å². The zero-order chi connectivity index (χ0) is 17.5. The summed E-state index contributed by atoms with van der Waals surface area (Å²) in [6.07, 6.45) is 4.59. The lowest BCUT2D eigenvalue weighted by molar-refractivity contribution is 0.224. The minimum atomic E-state index is -0.249. The molecule has 0 aliphatic rings. The van der Waals surface area contributed by atoms with Crippen molar-refractivity contribution in [1.82, 2.24) is 15.0 Å². The van der Waals surface area contributed by atoms with E-state index in [0.29, 0.717) is 0 Å². The van der Waals surface area contributed by atoms with Crippen molar-refractivity contribution in [2.45, 2.75) is 0 Å². The molecule has 1 aromatic rings. The highest BCUT2D eigenvalue weighted by Gasteiger charge is 2.11. The average molecular weight is 333 g/mol. The molecule has 0 atom stereocenters. The van der Waals surface area contributed by atoms with E-state index in [1.54, 1.807) is 0 Å². The summed E-state index contributed by atoms with van der Waals surface area (Å²) < 4.78 is 0. The van der Waals surface area contributed by atoms with Crippen LogP contribution in [0, 0.1) is 0 Å². The predicted octanol–water partition coefficient (Wildman–Crippen LogP) is 2.67. The quantitative estimate of drug-likeness (QED) is 0.327. The third-order valence-electron chi connectivity index (χ3n) is 1.75. The zero-order valence-corrected chi connectivity index (χ0v) is 12.7. The molecule has 0 aliphatic carbocycles. The first-order valence-corrected chi connectivity index (χ1v) is 6.50. The number of rotatable bonds is 12. The van der Waals surface area contributed by atoms with Gasteiger partial charge < -0.3 is 0 Å². The van der Waals surface area contributed by atoms with Crippen LogP contribution >= 0.6 is 0 Å². The Bertz CT molecular complexity index is 532. The van der Waals surface area contributed by atoms with Crippen molar-refractivity contribution in [3.8, 4) is 18.0 Å². The molecule has 126 valence electrons. The van der Waals surface area contributed by atoms with E-state index < -0.39 is 0 Å². The van der Waals surface area contributed by atoms with Crippen molar-refractivity contribution in [2.24, 2.45) is 31.2 Å². The molecule has 1 rings (SSSR count). The SMILES string of the molecule is C=CCN=NOc1nc(ON=NCC=C)nc(ON=NCC=C)n1. The molecule has 0 aliphatic heterocycles. The van der Waals surface area contributed by atoms with Crippen LogP contribution in [-0.2, 0) is 0 Å². The summed E-state index contributed by atoms with van der Waals surface area (Å²) in [4.78, 5) is 25.9. The summed E-state index contributed by atoms with van der Waals surface area (Å²) in [6.45, 7) is 11.2. The smallest absolute Gasteiger partial charge is 0.296 e. The summed E-state index contributed by atoms with van der Waals surface area (Å²) in [7, 11) is 0. The van der Waals surface area contributed by atoms with Crippen LogP contribution in [0.15, 0.2) is 69.1 Å². The van der Waals surface area contributed by atoms with Gasteiger partial charge in [0, 0.05) is 15.8 Å². The highest BCUT2D eigenvalue weighted by atomic mass is 16.7. The van der Waals surface area contributed by atoms with Crippen molar-refractivity contribution >= 4 is 0 Å². The third-order valence-corrected chi connectivity index (χ3v) is 1.75. The van der Waals surface area contributed by atoms with Gasteiger partial charge >= 0.3 is 18.0 Å². The summed E-state index contributed by atoms with van der Waals surface area (Å²) in [6, 6.07) is -0.748. The Morgan fingerprint density at radius 3 is 1.17 bits per heavy atom. The second kappa shape index (κ2) is 12.0. The van der Waals surface area contributed by atoms with Gasteiger partial charge in [-0.2, -0.15) is 0 Å². The molecular formula is C12H15N9O3. The Hall–Kier alpha value is -3.57. The van der Waals surface area contributed by atoms with Crippen LogP contribution in [0.1, 0.15) is 0 Å². The van der Waals surface area contributed by atoms with Crippen LogP contribution in [-0.4, -0.2) is 34.6 Å². The maximum atomic E-state index is 4.86. The molecule has 0 aromatic carbocycles. The second-order valence-corrected chi connectivity index (χ2v) is 3.54. The molecule has 0 amide bonds. The molecule has 12 nitrogen and oxygen atoms in total.